The number of ether oxygens (including phenoxy) is 1. The highest BCUT2D eigenvalue weighted by atomic mass is 32.2. The van der Waals surface area contributed by atoms with Crippen LogP contribution in [0, 0.1) is 6.92 Å². The van der Waals surface area contributed by atoms with Crippen molar-refractivity contribution >= 4 is 28.8 Å². The second-order valence-corrected chi connectivity index (χ2v) is 5.46. The fourth-order valence-corrected chi connectivity index (χ4v) is 2.43. The van der Waals surface area contributed by atoms with Gasteiger partial charge in [-0.2, -0.15) is 0 Å². The summed E-state index contributed by atoms with van der Waals surface area (Å²) in [6, 6.07) is 6.36. The van der Waals surface area contributed by atoms with E-state index in [4.69, 9.17) is 4.74 Å². The van der Waals surface area contributed by atoms with Gasteiger partial charge in [-0.15, -0.1) is 0 Å². The molecule has 1 aromatic rings. The predicted molar refractivity (Wildman–Crippen MR) is 82.2 cm³/mol. The van der Waals surface area contributed by atoms with E-state index in [2.05, 4.69) is 5.32 Å². The maximum Gasteiger partial charge on any atom is 0.329 e. The molecule has 0 aliphatic carbocycles. The lowest BCUT2D eigenvalue weighted by Crippen LogP contribution is -2.42. The molecule has 0 heterocycles. The normalized spacial score (nSPS) is 11.6. The first kappa shape index (κ1) is 17.2. The van der Waals surface area contributed by atoms with E-state index < -0.39 is 12.0 Å². The molecule has 1 N–H and O–H groups in total. The van der Waals surface area contributed by atoms with Gasteiger partial charge in [0, 0.05) is 18.2 Å². The van der Waals surface area contributed by atoms with Crippen LogP contribution in [0.5, 0.6) is 0 Å². The van der Waals surface area contributed by atoms with Crippen LogP contribution in [0.2, 0.25) is 0 Å². The molecule has 0 unspecified atom stereocenters. The molecule has 0 aliphatic rings. The quantitative estimate of drug-likeness (QED) is 0.813. The van der Waals surface area contributed by atoms with Gasteiger partial charge in [-0.05, 0) is 13.8 Å². The number of amides is 1. The number of aryl methyl sites for hydroxylation is 1. The van der Waals surface area contributed by atoms with Gasteiger partial charge >= 0.3 is 5.97 Å². The second-order valence-electron chi connectivity index (χ2n) is 4.47. The monoisotopic (exact) mass is 309 g/mol. The third-order valence-electron chi connectivity index (χ3n) is 2.62. The summed E-state index contributed by atoms with van der Waals surface area (Å²) in [7, 11) is 0. The number of carbonyl (C=O) groups excluding carboxylic acids is 3. The van der Waals surface area contributed by atoms with E-state index in [9.17, 15) is 14.4 Å². The molecule has 6 heteroatoms. The van der Waals surface area contributed by atoms with Gasteiger partial charge in [-0.1, -0.05) is 41.6 Å². The van der Waals surface area contributed by atoms with Crippen LogP contribution in [0.25, 0.3) is 0 Å². The topological polar surface area (TPSA) is 72.5 Å². The lowest BCUT2D eigenvalue weighted by molar-refractivity contribution is -0.146. The Morgan fingerprint density at radius 2 is 1.86 bits per heavy atom. The number of benzene rings is 1. The summed E-state index contributed by atoms with van der Waals surface area (Å²) in [4.78, 5) is 34.8. The molecule has 21 heavy (non-hydrogen) atoms. The molecule has 1 aromatic carbocycles. The van der Waals surface area contributed by atoms with Crippen molar-refractivity contribution in [2.24, 2.45) is 0 Å². The third kappa shape index (κ3) is 5.99. The molecule has 5 nitrogen and oxygen atoms in total. The average Bonchev–Trinajstić information content (AvgIpc) is 2.43. The summed E-state index contributed by atoms with van der Waals surface area (Å²) in [5.74, 6) is -0.723. The molecule has 0 aromatic heterocycles. The Balaban J connectivity index is 2.63. The summed E-state index contributed by atoms with van der Waals surface area (Å²) in [5, 5.41) is 2.35. The van der Waals surface area contributed by atoms with Crippen LogP contribution in [0.4, 0.5) is 0 Å². The van der Waals surface area contributed by atoms with Crippen molar-refractivity contribution in [2.45, 2.75) is 26.8 Å². The zero-order valence-electron chi connectivity index (χ0n) is 12.3. The molecular formula is C15H19NO4S. The van der Waals surface area contributed by atoms with Crippen molar-refractivity contribution in [3.8, 4) is 0 Å². The van der Waals surface area contributed by atoms with Crippen molar-refractivity contribution in [1.82, 2.24) is 5.32 Å². The first-order valence-electron chi connectivity index (χ1n) is 6.61. The number of carbonyl (C=O) groups is 3. The molecule has 0 spiro atoms. The lowest BCUT2D eigenvalue weighted by atomic mass is 10.2. The highest BCUT2D eigenvalue weighted by Crippen LogP contribution is 2.15. The van der Waals surface area contributed by atoms with E-state index in [1.165, 1.54) is 6.92 Å². The fourth-order valence-electron chi connectivity index (χ4n) is 1.59. The van der Waals surface area contributed by atoms with E-state index in [1.54, 1.807) is 19.1 Å². The first-order valence-corrected chi connectivity index (χ1v) is 7.60. The van der Waals surface area contributed by atoms with Gasteiger partial charge in [0.25, 0.3) is 0 Å². The summed E-state index contributed by atoms with van der Waals surface area (Å²) in [5.41, 5.74) is 1.63. The van der Waals surface area contributed by atoms with Gasteiger partial charge < -0.3 is 10.1 Å². The van der Waals surface area contributed by atoms with Gasteiger partial charge in [0.2, 0.25) is 11.0 Å². The number of rotatable bonds is 6. The summed E-state index contributed by atoms with van der Waals surface area (Å²) in [6.07, 6.45) is 0. The molecule has 1 atom stereocenters. The van der Waals surface area contributed by atoms with Gasteiger partial charge in [0.05, 0.1) is 6.61 Å². The Hall–Kier alpha value is -1.82. The zero-order valence-corrected chi connectivity index (χ0v) is 13.2. The van der Waals surface area contributed by atoms with E-state index in [0.717, 1.165) is 17.3 Å². The Labute approximate surface area is 128 Å². The molecule has 0 bridgehead atoms. The minimum atomic E-state index is -0.818. The minimum absolute atomic E-state index is 0.144. The Morgan fingerprint density at radius 1 is 1.24 bits per heavy atom. The van der Waals surface area contributed by atoms with E-state index >= 15 is 0 Å². The minimum Gasteiger partial charge on any atom is -0.464 e. The standard InChI is InChI=1S/C15H19NO4S/c1-4-20-14(18)13(16-11(3)17)9-21-15(19)12-7-5-10(2)6-8-12/h5-8,13H,4,9H2,1-3H3,(H,16,17)/t13-/m0/s1. The third-order valence-corrected chi connectivity index (χ3v) is 3.61. The maximum atomic E-state index is 12.0. The van der Waals surface area contributed by atoms with E-state index in [0.29, 0.717) is 5.56 Å². The number of esters is 1. The van der Waals surface area contributed by atoms with Crippen LogP contribution < -0.4 is 5.32 Å². The maximum absolute atomic E-state index is 12.0. The number of thioether (sulfide) groups is 1. The molecule has 0 radical (unpaired) electrons. The lowest BCUT2D eigenvalue weighted by Gasteiger charge is -2.15. The highest BCUT2D eigenvalue weighted by Gasteiger charge is 2.22. The molecular weight excluding hydrogens is 290 g/mol. The van der Waals surface area contributed by atoms with Gasteiger partial charge in [0.15, 0.2) is 0 Å². The fraction of sp³-hybridized carbons (Fsp3) is 0.400. The predicted octanol–water partition coefficient (Wildman–Crippen LogP) is 1.94. The highest BCUT2D eigenvalue weighted by molar-refractivity contribution is 8.14. The number of hydrogen-bond donors (Lipinski definition) is 1. The number of hydrogen-bond acceptors (Lipinski definition) is 5. The molecule has 0 fully saturated rings. The molecule has 1 rings (SSSR count). The molecule has 0 saturated heterocycles. The first-order chi connectivity index (χ1) is 9.93. The molecule has 1 amide bonds. The average molecular weight is 309 g/mol. The summed E-state index contributed by atoms with van der Waals surface area (Å²) >= 11 is 0.985. The summed E-state index contributed by atoms with van der Waals surface area (Å²) in [6.45, 7) is 5.17. The SMILES string of the molecule is CCOC(=O)[C@H](CSC(=O)c1ccc(C)cc1)NC(C)=O. The van der Waals surface area contributed by atoms with Gasteiger partial charge in [-0.25, -0.2) is 4.79 Å². The van der Waals surface area contributed by atoms with Crippen molar-refractivity contribution in [3.63, 3.8) is 0 Å². The van der Waals surface area contributed by atoms with E-state index in [1.807, 2.05) is 19.1 Å². The Bertz CT molecular complexity index is 513. The number of nitrogens with one attached hydrogen (secondary N) is 1. The smallest absolute Gasteiger partial charge is 0.329 e. The van der Waals surface area contributed by atoms with E-state index in [-0.39, 0.29) is 23.4 Å². The molecule has 0 aliphatic heterocycles. The second kappa shape index (κ2) is 8.46. The zero-order chi connectivity index (χ0) is 15.8. The molecule has 0 saturated carbocycles. The van der Waals surface area contributed by atoms with Crippen molar-refractivity contribution < 1.29 is 19.1 Å². The van der Waals surface area contributed by atoms with Crippen molar-refractivity contribution in [2.75, 3.05) is 12.4 Å². The Kier molecular flexibility index (Phi) is 6.94. The Morgan fingerprint density at radius 3 is 2.38 bits per heavy atom. The van der Waals surface area contributed by atoms with Crippen LogP contribution >= 0.6 is 11.8 Å². The van der Waals surface area contributed by atoms with Crippen LogP contribution in [0.1, 0.15) is 29.8 Å². The van der Waals surface area contributed by atoms with Crippen molar-refractivity contribution in [3.05, 3.63) is 35.4 Å². The van der Waals surface area contributed by atoms with Crippen LogP contribution in [-0.2, 0) is 14.3 Å². The largest absolute Gasteiger partial charge is 0.464 e. The van der Waals surface area contributed by atoms with Gasteiger partial charge in [0.1, 0.15) is 6.04 Å². The van der Waals surface area contributed by atoms with Crippen LogP contribution in [-0.4, -0.2) is 35.4 Å². The van der Waals surface area contributed by atoms with Crippen molar-refractivity contribution in [1.29, 1.82) is 0 Å². The molecule has 114 valence electrons. The summed E-state index contributed by atoms with van der Waals surface area (Å²) < 4.78 is 4.88. The van der Waals surface area contributed by atoms with Crippen LogP contribution in [0.3, 0.4) is 0 Å². The van der Waals surface area contributed by atoms with Crippen LogP contribution in [0.15, 0.2) is 24.3 Å². The van der Waals surface area contributed by atoms with Gasteiger partial charge in [-0.3, -0.25) is 9.59 Å².